The molecular formula is C22H32N4S. The minimum absolute atomic E-state index is 0.929. The van der Waals surface area contributed by atoms with Crippen LogP contribution in [0.25, 0.3) is 0 Å². The lowest BCUT2D eigenvalue weighted by molar-refractivity contribution is 0.0908. The van der Waals surface area contributed by atoms with Gasteiger partial charge in [-0.1, -0.05) is 29.8 Å². The number of aryl methyl sites for hydroxylation is 2. The van der Waals surface area contributed by atoms with E-state index >= 15 is 0 Å². The zero-order chi connectivity index (χ0) is 18.6. The van der Waals surface area contributed by atoms with Crippen LogP contribution in [0.15, 0.2) is 24.3 Å². The molecule has 2 aliphatic heterocycles. The molecule has 0 bridgehead atoms. The number of hydrogen-bond donors (Lipinski definition) is 0. The zero-order valence-corrected chi connectivity index (χ0v) is 17.5. The number of rotatable bonds is 5. The number of benzene rings is 1. The average Bonchev–Trinajstić information content (AvgIpc) is 3.08. The van der Waals surface area contributed by atoms with Gasteiger partial charge in [0.25, 0.3) is 0 Å². The van der Waals surface area contributed by atoms with Crippen molar-refractivity contribution in [2.24, 2.45) is 11.8 Å². The molecule has 2 saturated heterocycles. The molecule has 1 aromatic heterocycles. The van der Waals surface area contributed by atoms with Crippen molar-refractivity contribution >= 4 is 11.3 Å². The highest BCUT2D eigenvalue weighted by atomic mass is 32.1. The first-order valence-corrected chi connectivity index (χ1v) is 11.3. The van der Waals surface area contributed by atoms with E-state index in [9.17, 15) is 0 Å². The van der Waals surface area contributed by atoms with Crippen molar-refractivity contribution in [2.75, 3.05) is 26.2 Å². The fourth-order valence-electron chi connectivity index (χ4n) is 4.83. The van der Waals surface area contributed by atoms with Crippen molar-refractivity contribution in [3.63, 3.8) is 0 Å². The molecule has 4 nitrogen and oxygen atoms in total. The molecule has 0 radical (unpaired) electrons. The van der Waals surface area contributed by atoms with Gasteiger partial charge in [0.05, 0.1) is 6.54 Å². The highest BCUT2D eigenvalue weighted by Gasteiger charge is 2.29. The molecule has 0 saturated carbocycles. The van der Waals surface area contributed by atoms with Gasteiger partial charge >= 0.3 is 0 Å². The molecule has 146 valence electrons. The van der Waals surface area contributed by atoms with Crippen molar-refractivity contribution in [1.82, 2.24) is 20.0 Å². The molecule has 3 heterocycles. The third-order valence-electron chi connectivity index (χ3n) is 6.35. The lowest BCUT2D eigenvalue weighted by Gasteiger charge is -2.40. The molecule has 5 heteroatoms. The second-order valence-electron chi connectivity index (χ2n) is 8.43. The lowest BCUT2D eigenvalue weighted by Crippen LogP contribution is -2.40. The number of likely N-dealkylation sites (tertiary alicyclic amines) is 2. The summed E-state index contributed by atoms with van der Waals surface area (Å²) in [5, 5.41) is 10.7. The smallest absolute Gasteiger partial charge is 0.131 e. The van der Waals surface area contributed by atoms with E-state index in [0.717, 1.165) is 29.9 Å². The third-order valence-corrected chi connectivity index (χ3v) is 7.17. The van der Waals surface area contributed by atoms with Crippen LogP contribution < -0.4 is 0 Å². The zero-order valence-electron chi connectivity index (χ0n) is 16.7. The Kier molecular flexibility index (Phi) is 6.21. The number of aromatic nitrogens is 2. The van der Waals surface area contributed by atoms with Crippen molar-refractivity contribution in [3.05, 3.63) is 45.4 Å². The van der Waals surface area contributed by atoms with Crippen molar-refractivity contribution in [2.45, 2.75) is 52.6 Å². The van der Waals surface area contributed by atoms with E-state index in [1.54, 1.807) is 11.3 Å². The summed E-state index contributed by atoms with van der Waals surface area (Å²) in [6.45, 7) is 11.3. The highest BCUT2D eigenvalue weighted by Crippen LogP contribution is 2.33. The molecule has 4 rings (SSSR count). The van der Waals surface area contributed by atoms with E-state index in [-0.39, 0.29) is 0 Å². The second-order valence-corrected chi connectivity index (χ2v) is 9.70. The lowest BCUT2D eigenvalue weighted by atomic mass is 9.79. The molecule has 2 fully saturated rings. The molecule has 0 N–H and O–H groups in total. The van der Waals surface area contributed by atoms with Crippen LogP contribution in [0.3, 0.4) is 0 Å². The van der Waals surface area contributed by atoms with Gasteiger partial charge in [-0.25, -0.2) is 0 Å². The monoisotopic (exact) mass is 384 g/mol. The maximum absolute atomic E-state index is 4.29. The van der Waals surface area contributed by atoms with Crippen molar-refractivity contribution in [3.8, 4) is 0 Å². The van der Waals surface area contributed by atoms with Crippen LogP contribution in [0, 0.1) is 25.7 Å². The van der Waals surface area contributed by atoms with Gasteiger partial charge < -0.3 is 0 Å². The maximum Gasteiger partial charge on any atom is 0.131 e. The Bertz CT molecular complexity index is 727. The van der Waals surface area contributed by atoms with E-state index in [0.29, 0.717) is 0 Å². The Labute approximate surface area is 167 Å². The first-order chi connectivity index (χ1) is 13.2. The Balaban J connectivity index is 1.20. The number of piperidine rings is 2. The fourth-order valence-corrected chi connectivity index (χ4v) is 5.58. The summed E-state index contributed by atoms with van der Waals surface area (Å²) >= 11 is 1.74. The summed E-state index contributed by atoms with van der Waals surface area (Å²) in [6, 6.07) is 8.98. The predicted octanol–water partition coefficient (Wildman–Crippen LogP) is 4.28. The molecule has 0 atom stereocenters. The van der Waals surface area contributed by atoms with Gasteiger partial charge in [0.1, 0.15) is 10.0 Å². The summed E-state index contributed by atoms with van der Waals surface area (Å²) in [6.07, 6.45) is 5.48. The molecule has 27 heavy (non-hydrogen) atoms. The number of hydrogen-bond acceptors (Lipinski definition) is 5. The number of nitrogens with zero attached hydrogens (tertiary/aromatic N) is 4. The van der Waals surface area contributed by atoms with Gasteiger partial charge in [-0.05, 0) is 83.1 Å². The molecule has 2 aliphatic rings. The normalized spacial score (nSPS) is 21.0. The molecular weight excluding hydrogens is 352 g/mol. The Morgan fingerprint density at radius 1 is 0.889 bits per heavy atom. The molecule has 0 aliphatic carbocycles. The van der Waals surface area contributed by atoms with E-state index in [2.05, 4.69) is 51.2 Å². The summed E-state index contributed by atoms with van der Waals surface area (Å²) in [5.41, 5.74) is 2.84. The quantitative estimate of drug-likeness (QED) is 0.770. The van der Waals surface area contributed by atoms with Crippen LogP contribution in [-0.2, 0) is 13.1 Å². The van der Waals surface area contributed by atoms with Gasteiger partial charge in [-0.15, -0.1) is 21.5 Å². The third kappa shape index (κ3) is 5.15. The Morgan fingerprint density at radius 2 is 1.52 bits per heavy atom. The standard InChI is InChI=1S/C22H32N4S/c1-17-4-3-5-19(14-17)15-25-10-6-20(7-11-25)21-8-12-26(13-9-21)16-22-24-23-18(2)27-22/h3-5,14,20-21H,6-13,15-16H2,1-2H3. The van der Waals surface area contributed by atoms with Crippen molar-refractivity contribution in [1.29, 1.82) is 0 Å². The maximum atomic E-state index is 4.29. The second kappa shape index (κ2) is 8.80. The average molecular weight is 385 g/mol. The highest BCUT2D eigenvalue weighted by molar-refractivity contribution is 7.11. The fraction of sp³-hybridized carbons (Fsp3) is 0.636. The summed E-state index contributed by atoms with van der Waals surface area (Å²) in [5.74, 6) is 1.86. The van der Waals surface area contributed by atoms with Crippen molar-refractivity contribution < 1.29 is 0 Å². The minimum atomic E-state index is 0.929. The first kappa shape index (κ1) is 19.0. The molecule has 0 amide bonds. The summed E-state index contributed by atoms with van der Waals surface area (Å²) < 4.78 is 0. The minimum Gasteiger partial charge on any atom is -0.299 e. The van der Waals surface area contributed by atoms with Crippen LogP contribution in [0.4, 0.5) is 0 Å². The van der Waals surface area contributed by atoms with E-state index in [4.69, 9.17) is 0 Å². The predicted molar refractivity (Wildman–Crippen MR) is 112 cm³/mol. The van der Waals surface area contributed by atoms with Crippen LogP contribution in [0.5, 0.6) is 0 Å². The Hall–Kier alpha value is -1.30. The van der Waals surface area contributed by atoms with E-state index in [1.165, 1.54) is 68.0 Å². The first-order valence-electron chi connectivity index (χ1n) is 10.4. The van der Waals surface area contributed by atoms with Gasteiger partial charge in [-0.2, -0.15) is 0 Å². The molecule has 1 aromatic carbocycles. The van der Waals surface area contributed by atoms with E-state index < -0.39 is 0 Å². The summed E-state index contributed by atoms with van der Waals surface area (Å²) in [7, 11) is 0. The largest absolute Gasteiger partial charge is 0.299 e. The van der Waals surface area contributed by atoms with Gasteiger partial charge in [-0.3, -0.25) is 9.80 Å². The topological polar surface area (TPSA) is 32.3 Å². The molecule has 0 unspecified atom stereocenters. The molecule has 2 aromatic rings. The van der Waals surface area contributed by atoms with Crippen LogP contribution in [0.2, 0.25) is 0 Å². The van der Waals surface area contributed by atoms with Crippen LogP contribution in [-0.4, -0.2) is 46.2 Å². The van der Waals surface area contributed by atoms with Gasteiger partial charge in [0, 0.05) is 6.54 Å². The Morgan fingerprint density at radius 3 is 2.07 bits per heavy atom. The molecule has 0 spiro atoms. The van der Waals surface area contributed by atoms with Crippen LogP contribution in [0.1, 0.15) is 46.8 Å². The summed E-state index contributed by atoms with van der Waals surface area (Å²) in [4.78, 5) is 5.22. The van der Waals surface area contributed by atoms with Gasteiger partial charge in [0.2, 0.25) is 0 Å². The van der Waals surface area contributed by atoms with Gasteiger partial charge in [0.15, 0.2) is 0 Å². The van der Waals surface area contributed by atoms with Crippen LogP contribution >= 0.6 is 11.3 Å². The van der Waals surface area contributed by atoms with E-state index in [1.807, 2.05) is 6.92 Å². The SMILES string of the molecule is Cc1cccc(CN2CCC(C3CCN(Cc4nnc(C)s4)CC3)CC2)c1.